The van der Waals surface area contributed by atoms with Crippen molar-refractivity contribution in [2.24, 2.45) is 0 Å². The fraction of sp³-hybridized carbons (Fsp3) is 0.429. The fourth-order valence-electron chi connectivity index (χ4n) is 2.59. The van der Waals surface area contributed by atoms with Gasteiger partial charge in [-0.1, -0.05) is 38.1 Å². The maximum absolute atomic E-state index is 12.9. The molecule has 7 heteroatoms. The molecule has 0 aromatic heterocycles. The molecule has 3 nitrogen and oxygen atoms in total. The molecular weight excluding hydrogens is 393 g/mol. The van der Waals surface area contributed by atoms with E-state index in [9.17, 15) is 18.3 Å². The molecule has 0 aliphatic rings. The summed E-state index contributed by atoms with van der Waals surface area (Å²) in [6, 6.07) is 14.4. The Morgan fingerprint density at radius 1 is 0.857 bits per heavy atom. The Morgan fingerprint density at radius 3 is 1.68 bits per heavy atom. The molecule has 2 rings (SSSR count). The van der Waals surface area contributed by atoms with E-state index in [0.29, 0.717) is 11.5 Å². The molecule has 2 aromatic carbocycles. The molecule has 0 aliphatic carbocycles. The SMILES string of the molecule is CC(C)(c1ccc(OC[C@H](O)CCl)cc1)c1ccc(OC[C@@H](F)C(F)F)cc1. The lowest BCUT2D eigenvalue weighted by atomic mass is 9.78. The van der Waals surface area contributed by atoms with Crippen molar-refractivity contribution >= 4 is 11.6 Å². The summed E-state index contributed by atoms with van der Waals surface area (Å²) >= 11 is 5.54. The summed E-state index contributed by atoms with van der Waals surface area (Å²) in [7, 11) is 0. The van der Waals surface area contributed by atoms with E-state index >= 15 is 0 Å². The Morgan fingerprint density at radius 2 is 1.29 bits per heavy atom. The molecule has 0 unspecified atom stereocenters. The van der Waals surface area contributed by atoms with Crippen molar-refractivity contribution in [2.45, 2.75) is 38.0 Å². The molecule has 28 heavy (non-hydrogen) atoms. The topological polar surface area (TPSA) is 38.7 Å². The van der Waals surface area contributed by atoms with Crippen molar-refractivity contribution in [3.05, 3.63) is 59.7 Å². The Kier molecular flexibility index (Phi) is 8.01. The van der Waals surface area contributed by atoms with Crippen LogP contribution in [0.1, 0.15) is 25.0 Å². The Labute approximate surface area is 168 Å². The molecule has 0 spiro atoms. The summed E-state index contributed by atoms with van der Waals surface area (Å²) in [6.45, 7) is 3.54. The number of halogens is 4. The smallest absolute Gasteiger partial charge is 0.272 e. The first kappa shape index (κ1) is 22.4. The quantitative estimate of drug-likeness (QED) is 0.555. The molecule has 2 aromatic rings. The highest BCUT2D eigenvalue weighted by atomic mass is 35.5. The second-order valence-electron chi connectivity index (χ2n) is 6.95. The van der Waals surface area contributed by atoms with Gasteiger partial charge in [-0.05, 0) is 35.4 Å². The predicted octanol–water partition coefficient (Wildman–Crippen LogP) is 4.97. The number of rotatable bonds is 10. The van der Waals surface area contributed by atoms with Crippen LogP contribution in [-0.2, 0) is 5.41 Å². The summed E-state index contributed by atoms with van der Waals surface area (Å²) in [5, 5.41) is 9.44. The van der Waals surface area contributed by atoms with Crippen molar-refractivity contribution < 1.29 is 27.8 Å². The zero-order valence-electron chi connectivity index (χ0n) is 15.7. The highest BCUT2D eigenvalue weighted by molar-refractivity contribution is 6.18. The lowest BCUT2D eigenvalue weighted by Crippen LogP contribution is -2.21. The minimum Gasteiger partial charge on any atom is -0.491 e. The van der Waals surface area contributed by atoms with Gasteiger partial charge in [-0.25, -0.2) is 13.2 Å². The highest BCUT2D eigenvalue weighted by Crippen LogP contribution is 2.33. The molecule has 1 N–H and O–H groups in total. The van der Waals surface area contributed by atoms with Crippen LogP contribution in [0.5, 0.6) is 11.5 Å². The van der Waals surface area contributed by atoms with Gasteiger partial charge in [0.25, 0.3) is 6.43 Å². The van der Waals surface area contributed by atoms with E-state index in [2.05, 4.69) is 0 Å². The predicted molar refractivity (Wildman–Crippen MR) is 104 cm³/mol. The molecule has 0 aliphatic heterocycles. The number of alkyl halides is 4. The highest BCUT2D eigenvalue weighted by Gasteiger charge is 2.24. The minimum absolute atomic E-state index is 0.110. The van der Waals surface area contributed by atoms with Crippen LogP contribution in [0, 0.1) is 0 Å². The van der Waals surface area contributed by atoms with E-state index in [1.54, 1.807) is 12.1 Å². The molecule has 0 bridgehead atoms. The lowest BCUT2D eigenvalue weighted by molar-refractivity contribution is 0.0231. The van der Waals surface area contributed by atoms with E-state index in [4.69, 9.17) is 21.1 Å². The van der Waals surface area contributed by atoms with Crippen LogP contribution >= 0.6 is 11.6 Å². The average molecular weight is 417 g/mol. The number of hydrogen-bond donors (Lipinski definition) is 1. The van der Waals surface area contributed by atoms with E-state index < -0.39 is 25.3 Å². The van der Waals surface area contributed by atoms with Gasteiger partial charge in [0.2, 0.25) is 0 Å². The summed E-state index contributed by atoms with van der Waals surface area (Å²) in [5.41, 5.74) is 1.68. The average Bonchev–Trinajstić information content (AvgIpc) is 2.70. The second-order valence-corrected chi connectivity index (χ2v) is 7.26. The molecule has 154 valence electrons. The Bertz CT molecular complexity index is 721. The summed E-state index contributed by atoms with van der Waals surface area (Å²) < 4.78 is 47.9. The van der Waals surface area contributed by atoms with Gasteiger partial charge in [-0.3, -0.25) is 0 Å². The number of ether oxygens (including phenoxy) is 2. The fourth-order valence-corrected chi connectivity index (χ4v) is 2.68. The zero-order chi connectivity index (χ0) is 20.7. The van der Waals surface area contributed by atoms with Crippen LogP contribution in [-0.4, -0.2) is 42.9 Å². The standard InChI is InChI=1S/C21H24ClF3O3/c1-21(2,14-3-7-17(8-4-14)27-12-16(26)11-22)15-5-9-18(10-6-15)28-13-19(23)20(24)25/h3-10,16,19-20,26H,11-13H2,1-2H3/t16-,19-/m1/s1. The van der Waals surface area contributed by atoms with Crippen LogP contribution in [0.15, 0.2) is 48.5 Å². The first-order valence-corrected chi connectivity index (χ1v) is 9.40. The first-order valence-electron chi connectivity index (χ1n) is 8.87. The van der Waals surface area contributed by atoms with Crippen molar-refractivity contribution in [2.75, 3.05) is 19.1 Å². The van der Waals surface area contributed by atoms with Crippen LogP contribution in [0.4, 0.5) is 13.2 Å². The molecule has 0 amide bonds. The second kappa shape index (κ2) is 10.0. The number of aliphatic hydroxyl groups is 1. The molecule has 0 saturated heterocycles. The number of benzene rings is 2. The molecule has 0 heterocycles. The van der Waals surface area contributed by atoms with Gasteiger partial charge in [-0.2, -0.15) is 0 Å². The summed E-state index contributed by atoms with van der Waals surface area (Å²) in [4.78, 5) is 0. The third-order valence-electron chi connectivity index (χ3n) is 4.46. The van der Waals surface area contributed by atoms with Gasteiger partial charge >= 0.3 is 0 Å². The minimum atomic E-state index is -3.05. The van der Waals surface area contributed by atoms with Crippen LogP contribution < -0.4 is 9.47 Å². The first-order chi connectivity index (χ1) is 13.2. The lowest BCUT2D eigenvalue weighted by Gasteiger charge is -2.26. The van der Waals surface area contributed by atoms with Gasteiger partial charge in [0.15, 0.2) is 6.17 Å². The van der Waals surface area contributed by atoms with Crippen LogP contribution in [0.3, 0.4) is 0 Å². The van der Waals surface area contributed by atoms with Gasteiger partial charge < -0.3 is 14.6 Å². The maximum atomic E-state index is 12.9. The van der Waals surface area contributed by atoms with Gasteiger partial charge in [0.05, 0.1) is 5.88 Å². The third-order valence-corrected chi connectivity index (χ3v) is 4.81. The number of aliphatic hydroxyl groups excluding tert-OH is 1. The van der Waals surface area contributed by atoms with Crippen LogP contribution in [0.25, 0.3) is 0 Å². The molecule has 0 fully saturated rings. The molecule has 0 saturated carbocycles. The van der Waals surface area contributed by atoms with Gasteiger partial charge in [0.1, 0.15) is 30.8 Å². The van der Waals surface area contributed by atoms with E-state index in [-0.39, 0.29) is 17.9 Å². The zero-order valence-corrected chi connectivity index (χ0v) is 16.5. The summed E-state index contributed by atoms with van der Waals surface area (Å²) in [6.07, 6.45) is -6.07. The number of hydrogen-bond acceptors (Lipinski definition) is 3. The maximum Gasteiger partial charge on any atom is 0.272 e. The monoisotopic (exact) mass is 416 g/mol. The summed E-state index contributed by atoms with van der Waals surface area (Å²) in [5.74, 6) is 1.08. The van der Waals surface area contributed by atoms with Crippen molar-refractivity contribution in [1.29, 1.82) is 0 Å². The van der Waals surface area contributed by atoms with E-state index in [1.165, 1.54) is 0 Å². The molecule has 2 atom stereocenters. The Balaban J connectivity index is 2.03. The van der Waals surface area contributed by atoms with Crippen molar-refractivity contribution in [3.63, 3.8) is 0 Å². The third kappa shape index (κ3) is 6.04. The Hall–Kier alpha value is -1.92. The molecular formula is C21H24ClF3O3. The normalized spacial score (nSPS) is 14.0. The largest absolute Gasteiger partial charge is 0.491 e. The van der Waals surface area contributed by atoms with Crippen molar-refractivity contribution in [3.8, 4) is 11.5 Å². The van der Waals surface area contributed by atoms with Crippen LogP contribution in [0.2, 0.25) is 0 Å². The van der Waals surface area contributed by atoms with E-state index in [1.807, 2.05) is 50.2 Å². The molecule has 0 radical (unpaired) electrons. The van der Waals surface area contributed by atoms with E-state index in [0.717, 1.165) is 11.1 Å². The van der Waals surface area contributed by atoms with Crippen molar-refractivity contribution in [1.82, 2.24) is 0 Å². The van der Waals surface area contributed by atoms with Gasteiger partial charge in [0, 0.05) is 5.41 Å². The van der Waals surface area contributed by atoms with Gasteiger partial charge in [-0.15, -0.1) is 11.6 Å².